The predicted octanol–water partition coefficient (Wildman–Crippen LogP) is 3.12. The Morgan fingerprint density at radius 3 is 2.73 bits per heavy atom. The molecule has 0 bridgehead atoms. The largest absolute Gasteiger partial charge is 0.376 e. The summed E-state index contributed by atoms with van der Waals surface area (Å²) in [6.45, 7) is 1.60. The van der Waals surface area contributed by atoms with Gasteiger partial charge in [0.1, 0.15) is 5.69 Å². The Morgan fingerprint density at radius 1 is 1.23 bits per heavy atom. The fraction of sp³-hybridized carbons (Fsp3) is 0.316. The van der Waals surface area contributed by atoms with Crippen molar-refractivity contribution in [3.63, 3.8) is 0 Å². The monoisotopic (exact) mass is 355 g/mol. The zero-order valence-electron chi connectivity index (χ0n) is 14.3. The van der Waals surface area contributed by atoms with E-state index in [1.165, 1.54) is 6.07 Å². The second-order valence-corrected chi connectivity index (χ2v) is 6.17. The van der Waals surface area contributed by atoms with Gasteiger partial charge in [-0.05, 0) is 30.5 Å². The van der Waals surface area contributed by atoms with Crippen LogP contribution in [-0.4, -0.2) is 30.1 Å². The molecule has 0 aromatic heterocycles. The summed E-state index contributed by atoms with van der Waals surface area (Å²) in [6.07, 6.45) is 1.94. The van der Waals surface area contributed by atoms with Crippen molar-refractivity contribution in [1.82, 2.24) is 5.32 Å². The van der Waals surface area contributed by atoms with Gasteiger partial charge >= 0.3 is 0 Å². The highest BCUT2D eigenvalue weighted by atomic mass is 16.6. The maximum Gasteiger partial charge on any atom is 0.293 e. The number of carbonyl (C=O) groups is 1. The smallest absolute Gasteiger partial charge is 0.293 e. The van der Waals surface area contributed by atoms with Gasteiger partial charge in [0.15, 0.2) is 0 Å². The van der Waals surface area contributed by atoms with E-state index in [2.05, 4.69) is 10.6 Å². The minimum atomic E-state index is -0.482. The molecule has 1 fully saturated rings. The van der Waals surface area contributed by atoms with E-state index < -0.39 is 4.92 Å². The molecule has 1 aliphatic rings. The molecule has 26 heavy (non-hydrogen) atoms. The second kappa shape index (κ2) is 8.44. The van der Waals surface area contributed by atoms with Gasteiger partial charge in [0.2, 0.25) is 0 Å². The van der Waals surface area contributed by atoms with Crippen LogP contribution in [0.4, 0.5) is 11.4 Å². The topological polar surface area (TPSA) is 93.5 Å². The summed E-state index contributed by atoms with van der Waals surface area (Å²) in [4.78, 5) is 23.2. The summed E-state index contributed by atoms with van der Waals surface area (Å²) in [6, 6.07) is 14.1. The molecule has 1 heterocycles. The molecule has 0 saturated carbocycles. The number of nitrogens with one attached hydrogen (secondary N) is 2. The molecule has 2 aromatic rings. The molecule has 1 saturated heterocycles. The van der Waals surface area contributed by atoms with E-state index in [1.807, 2.05) is 30.3 Å². The zero-order chi connectivity index (χ0) is 18.4. The van der Waals surface area contributed by atoms with Crippen LogP contribution in [0.25, 0.3) is 0 Å². The van der Waals surface area contributed by atoms with E-state index in [0.29, 0.717) is 25.4 Å². The lowest BCUT2D eigenvalue weighted by molar-refractivity contribution is -0.384. The minimum absolute atomic E-state index is 0.0285. The third-order valence-electron chi connectivity index (χ3n) is 4.30. The average Bonchev–Trinajstić information content (AvgIpc) is 3.18. The van der Waals surface area contributed by atoms with Crippen LogP contribution in [0.1, 0.15) is 28.8 Å². The molecular formula is C19H21N3O4. The van der Waals surface area contributed by atoms with E-state index >= 15 is 0 Å². The van der Waals surface area contributed by atoms with Crippen LogP contribution in [0.15, 0.2) is 48.5 Å². The first-order chi connectivity index (χ1) is 12.6. The van der Waals surface area contributed by atoms with Gasteiger partial charge < -0.3 is 15.4 Å². The maximum atomic E-state index is 12.3. The second-order valence-electron chi connectivity index (χ2n) is 6.17. The van der Waals surface area contributed by atoms with Crippen molar-refractivity contribution in [3.8, 4) is 0 Å². The van der Waals surface area contributed by atoms with Gasteiger partial charge in [0.25, 0.3) is 11.6 Å². The van der Waals surface area contributed by atoms with Gasteiger partial charge in [-0.2, -0.15) is 0 Å². The Bertz CT molecular complexity index is 774. The number of anilines is 1. The number of nitro benzene ring substituents is 1. The highest BCUT2D eigenvalue weighted by Gasteiger charge is 2.20. The lowest BCUT2D eigenvalue weighted by atomic mass is 10.1. The number of amides is 1. The molecule has 0 spiro atoms. The molecule has 136 valence electrons. The van der Waals surface area contributed by atoms with Crippen molar-refractivity contribution in [2.24, 2.45) is 0 Å². The van der Waals surface area contributed by atoms with Crippen LogP contribution in [0.5, 0.6) is 0 Å². The van der Waals surface area contributed by atoms with Gasteiger partial charge in [0.05, 0.1) is 11.0 Å². The maximum absolute atomic E-state index is 12.3. The highest BCUT2D eigenvalue weighted by Crippen LogP contribution is 2.26. The van der Waals surface area contributed by atoms with Crippen molar-refractivity contribution in [2.45, 2.75) is 25.5 Å². The molecular weight excluding hydrogens is 334 g/mol. The number of ether oxygens (including phenoxy) is 1. The number of rotatable bonds is 7. The molecule has 1 amide bonds. The van der Waals surface area contributed by atoms with Crippen LogP contribution in [0.2, 0.25) is 0 Å². The first kappa shape index (κ1) is 17.9. The van der Waals surface area contributed by atoms with Crippen LogP contribution < -0.4 is 10.6 Å². The number of nitro groups is 1. The standard InChI is InChI=1S/C19H21N3O4/c23-19(21-13-16-7-4-10-26-16)15-8-9-17(18(11-15)22(24)25)20-12-14-5-2-1-3-6-14/h1-3,5-6,8-9,11,16,20H,4,7,10,12-13H2,(H,21,23)/t16-/m0/s1. The van der Waals surface area contributed by atoms with Crippen molar-refractivity contribution in [3.05, 3.63) is 69.8 Å². The Hall–Kier alpha value is -2.93. The highest BCUT2D eigenvalue weighted by molar-refractivity contribution is 5.95. The lowest BCUT2D eigenvalue weighted by Crippen LogP contribution is -2.31. The number of benzene rings is 2. The minimum Gasteiger partial charge on any atom is -0.376 e. The molecule has 7 heteroatoms. The molecule has 1 atom stereocenters. The van der Waals surface area contributed by atoms with E-state index in [-0.39, 0.29) is 23.3 Å². The predicted molar refractivity (Wildman–Crippen MR) is 98.2 cm³/mol. The number of nitrogens with zero attached hydrogens (tertiary/aromatic N) is 1. The SMILES string of the molecule is O=C(NC[C@@H]1CCCO1)c1ccc(NCc2ccccc2)c([N+](=O)[O-])c1. The van der Waals surface area contributed by atoms with E-state index in [1.54, 1.807) is 12.1 Å². The van der Waals surface area contributed by atoms with E-state index in [0.717, 1.165) is 18.4 Å². The van der Waals surface area contributed by atoms with E-state index in [4.69, 9.17) is 4.74 Å². The van der Waals surface area contributed by atoms with Gasteiger partial charge in [-0.3, -0.25) is 14.9 Å². The van der Waals surface area contributed by atoms with Crippen LogP contribution in [0, 0.1) is 10.1 Å². The molecule has 1 aliphatic heterocycles. The molecule has 2 aromatic carbocycles. The Labute approximate surface area is 151 Å². The van der Waals surface area contributed by atoms with Crippen molar-refractivity contribution in [1.29, 1.82) is 0 Å². The number of carbonyl (C=O) groups excluding carboxylic acids is 1. The van der Waals surface area contributed by atoms with Crippen molar-refractivity contribution < 1.29 is 14.5 Å². The van der Waals surface area contributed by atoms with Gasteiger partial charge in [-0.1, -0.05) is 30.3 Å². The van der Waals surface area contributed by atoms with Gasteiger partial charge in [-0.15, -0.1) is 0 Å². The molecule has 0 radical (unpaired) electrons. The van der Waals surface area contributed by atoms with Crippen LogP contribution in [-0.2, 0) is 11.3 Å². The Morgan fingerprint density at radius 2 is 2.04 bits per heavy atom. The van der Waals surface area contributed by atoms with Gasteiger partial charge in [-0.25, -0.2) is 0 Å². The first-order valence-electron chi connectivity index (χ1n) is 8.59. The normalized spacial score (nSPS) is 16.2. The summed E-state index contributed by atoms with van der Waals surface area (Å²) in [5, 5.41) is 17.2. The summed E-state index contributed by atoms with van der Waals surface area (Å²) in [5.74, 6) is -0.335. The Balaban J connectivity index is 1.67. The van der Waals surface area contributed by atoms with Crippen molar-refractivity contribution >= 4 is 17.3 Å². The Kier molecular flexibility index (Phi) is 5.80. The third kappa shape index (κ3) is 4.58. The molecule has 3 rings (SSSR count). The molecule has 2 N–H and O–H groups in total. The fourth-order valence-corrected chi connectivity index (χ4v) is 2.88. The molecule has 0 aliphatic carbocycles. The van der Waals surface area contributed by atoms with Gasteiger partial charge in [0, 0.05) is 31.3 Å². The zero-order valence-corrected chi connectivity index (χ0v) is 14.3. The first-order valence-corrected chi connectivity index (χ1v) is 8.59. The molecule has 7 nitrogen and oxygen atoms in total. The fourth-order valence-electron chi connectivity index (χ4n) is 2.88. The van der Waals surface area contributed by atoms with E-state index in [9.17, 15) is 14.9 Å². The third-order valence-corrected chi connectivity index (χ3v) is 4.30. The van der Waals surface area contributed by atoms with Crippen molar-refractivity contribution in [2.75, 3.05) is 18.5 Å². The quantitative estimate of drug-likeness (QED) is 0.588. The summed E-state index contributed by atoms with van der Waals surface area (Å²) < 4.78 is 5.46. The lowest BCUT2D eigenvalue weighted by Gasteiger charge is -2.12. The summed E-state index contributed by atoms with van der Waals surface area (Å²) >= 11 is 0. The van der Waals surface area contributed by atoms with Crippen LogP contribution in [0.3, 0.4) is 0 Å². The van der Waals surface area contributed by atoms with Crippen LogP contribution >= 0.6 is 0 Å². The number of hydrogen-bond donors (Lipinski definition) is 2. The average molecular weight is 355 g/mol. The number of hydrogen-bond acceptors (Lipinski definition) is 5. The summed E-state index contributed by atoms with van der Waals surface area (Å²) in [7, 11) is 0. The molecule has 0 unspecified atom stereocenters. The summed E-state index contributed by atoms with van der Waals surface area (Å²) in [5.41, 5.74) is 1.54.